The van der Waals surface area contributed by atoms with E-state index in [0.717, 1.165) is 19.3 Å². The van der Waals surface area contributed by atoms with Gasteiger partial charge < -0.3 is 5.32 Å². The van der Waals surface area contributed by atoms with Crippen molar-refractivity contribution < 1.29 is 4.79 Å². The number of carbonyl (C=O) groups is 1. The molecule has 0 amide bonds. The summed E-state index contributed by atoms with van der Waals surface area (Å²) in [5.74, 6) is 0.290. The molecule has 14 heavy (non-hydrogen) atoms. The SMILES string of the molecule is CCCC(C)(C(C)=O)C(C)(CC)NC. The van der Waals surface area contributed by atoms with Crippen LogP contribution in [-0.2, 0) is 4.79 Å². The quantitative estimate of drug-likeness (QED) is 0.712. The number of carbonyl (C=O) groups excluding carboxylic acids is 1. The number of nitrogens with one attached hydrogen (secondary N) is 1. The van der Waals surface area contributed by atoms with Crippen LogP contribution in [0.25, 0.3) is 0 Å². The Kier molecular flexibility index (Phi) is 4.79. The lowest BCUT2D eigenvalue weighted by molar-refractivity contribution is -0.130. The largest absolute Gasteiger partial charge is 0.314 e. The maximum Gasteiger partial charge on any atom is 0.137 e. The number of ketones is 1. The third-order valence-electron chi connectivity index (χ3n) is 4.00. The Labute approximate surface area is 88.5 Å². The van der Waals surface area contributed by atoms with Crippen molar-refractivity contribution in [2.45, 2.75) is 59.4 Å². The van der Waals surface area contributed by atoms with Crippen LogP contribution in [0.4, 0.5) is 0 Å². The Balaban J connectivity index is 5.06. The zero-order valence-electron chi connectivity index (χ0n) is 10.5. The fraction of sp³-hybridized carbons (Fsp3) is 0.917. The van der Waals surface area contributed by atoms with Crippen molar-refractivity contribution in [1.82, 2.24) is 5.32 Å². The maximum absolute atomic E-state index is 11.8. The van der Waals surface area contributed by atoms with Crippen molar-refractivity contribution >= 4 is 5.78 Å². The summed E-state index contributed by atoms with van der Waals surface area (Å²) in [5.41, 5.74) is -0.333. The van der Waals surface area contributed by atoms with Crippen LogP contribution < -0.4 is 5.32 Å². The van der Waals surface area contributed by atoms with Gasteiger partial charge in [0.25, 0.3) is 0 Å². The molecule has 0 aromatic heterocycles. The summed E-state index contributed by atoms with van der Waals surface area (Å²) >= 11 is 0. The second-order valence-electron chi connectivity index (χ2n) is 4.57. The van der Waals surface area contributed by atoms with Gasteiger partial charge in [0.05, 0.1) is 0 Å². The molecule has 0 saturated heterocycles. The van der Waals surface area contributed by atoms with Crippen LogP contribution in [0.2, 0.25) is 0 Å². The van der Waals surface area contributed by atoms with Crippen molar-refractivity contribution in [2.24, 2.45) is 5.41 Å². The monoisotopic (exact) mass is 199 g/mol. The fourth-order valence-corrected chi connectivity index (χ4v) is 2.18. The molecule has 0 bridgehead atoms. The molecule has 0 saturated carbocycles. The fourth-order valence-electron chi connectivity index (χ4n) is 2.18. The van der Waals surface area contributed by atoms with Gasteiger partial charge >= 0.3 is 0 Å². The van der Waals surface area contributed by atoms with Gasteiger partial charge in [0.1, 0.15) is 5.78 Å². The van der Waals surface area contributed by atoms with Crippen molar-refractivity contribution in [3.05, 3.63) is 0 Å². The van der Waals surface area contributed by atoms with E-state index in [4.69, 9.17) is 0 Å². The van der Waals surface area contributed by atoms with E-state index in [0.29, 0.717) is 0 Å². The van der Waals surface area contributed by atoms with Gasteiger partial charge in [-0.1, -0.05) is 27.2 Å². The molecule has 1 N–H and O–H groups in total. The van der Waals surface area contributed by atoms with Crippen LogP contribution in [0, 0.1) is 5.41 Å². The molecule has 2 heteroatoms. The van der Waals surface area contributed by atoms with E-state index >= 15 is 0 Å². The zero-order valence-corrected chi connectivity index (χ0v) is 10.5. The number of hydrogen-bond acceptors (Lipinski definition) is 2. The highest BCUT2D eigenvalue weighted by atomic mass is 16.1. The maximum atomic E-state index is 11.8. The standard InChI is InChI=1S/C12H25NO/c1-7-9-11(4,10(3)14)12(5,8-2)13-6/h13H,7-9H2,1-6H3. The van der Waals surface area contributed by atoms with Gasteiger partial charge in [0.15, 0.2) is 0 Å². The Hall–Kier alpha value is -0.370. The summed E-state index contributed by atoms with van der Waals surface area (Å²) in [7, 11) is 1.94. The summed E-state index contributed by atoms with van der Waals surface area (Å²) in [6.07, 6.45) is 2.97. The zero-order chi connectivity index (χ0) is 11.4. The summed E-state index contributed by atoms with van der Waals surface area (Å²) in [5, 5.41) is 3.31. The average molecular weight is 199 g/mol. The molecule has 0 aromatic rings. The smallest absolute Gasteiger partial charge is 0.137 e. The second kappa shape index (κ2) is 4.92. The summed E-state index contributed by atoms with van der Waals surface area (Å²) < 4.78 is 0. The Morgan fingerprint density at radius 2 is 1.79 bits per heavy atom. The highest BCUT2D eigenvalue weighted by Gasteiger charge is 2.44. The van der Waals surface area contributed by atoms with Gasteiger partial charge in [-0.2, -0.15) is 0 Å². The van der Waals surface area contributed by atoms with Crippen LogP contribution in [0.5, 0.6) is 0 Å². The first-order chi connectivity index (χ1) is 6.38. The van der Waals surface area contributed by atoms with Gasteiger partial charge in [-0.05, 0) is 33.7 Å². The van der Waals surface area contributed by atoms with Gasteiger partial charge in [0, 0.05) is 11.0 Å². The molecule has 0 aromatic carbocycles. The second-order valence-corrected chi connectivity index (χ2v) is 4.57. The van der Waals surface area contributed by atoms with Crippen LogP contribution in [0.3, 0.4) is 0 Å². The molecule has 0 rings (SSSR count). The van der Waals surface area contributed by atoms with Crippen LogP contribution in [-0.4, -0.2) is 18.4 Å². The van der Waals surface area contributed by atoms with Gasteiger partial charge in [-0.3, -0.25) is 4.79 Å². The minimum absolute atomic E-state index is 0.0884. The van der Waals surface area contributed by atoms with E-state index in [9.17, 15) is 4.79 Å². The first-order valence-corrected chi connectivity index (χ1v) is 5.58. The molecule has 84 valence electrons. The number of hydrogen-bond donors (Lipinski definition) is 1. The molecule has 0 radical (unpaired) electrons. The van der Waals surface area contributed by atoms with E-state index in [-0.39, 0.29) is 16.7 Å². The topological polar surface area (TPSA) is 29.1 Å². The van der Waals surface area contributed by atoms with Crippen LogP contribution in [0.1, 0.15) is 53.9 Å². The van der Waals surface area contributed by atoms with E-state index in [1.54, 1.807) is 6.92 Å². The predicted molar refractivity (Wildman–Crippen MR) is 61.5 cm³/mol. The van der Waals surface area contributed by atoms with E-state index in [1.807, 2.05) is 7.05 Å². The van der Waals surface area contributed by atoms with Crippen LogP contribution in [0.15, 0.2) is 0 Å². The third-order valence-corrected chi connectivity index (χ3v) is 4.00. The molecule has 0 fully saturated rings. The molecular weight excluding hydrogens is 174 g/mol. The molecule has 2 nitrogen and oxygen atoms in total. The summed E-state index contributed by atoms with van der Waals surface area (Å²) in [6, 6.07) is 0. The van der Waals surface area contributed by atoms with Crippen LogP contribution >= 0.6 is 0 Å². The van der Waals surface area contributed by atoms with Gasteiger partial charge in [-0.15, -0.1) is 0 Å². The van der Waals surface area contributed by atoms with Gasteiger partial charge in [-0.25, -0.2) is 0 Å². The van der Waals surface area contributed by atoms with Crippen molar-refractivity contribution in [1.29, 1.82) is 0 Å². The lowest BCUT2D eigenvalue weighted by Crippen LogP contribution is -2.56. The minimum atomic E-state index is -0.245. The molecule has 2 unspecified atom stereocenters. The third kappa shape index (κ3) is 2.17. The first-order valence-electron chi connectivity index (χ1n) is 5.58. The summed E-state index contributed by atoms with van der Waals surface area (Å²) in [4.78, 5) is 11.8. The molecular formula is C12H25NO. The predicted octanol–water partition coefficient (Wildman–Crippen LogP) is 2.77. The minimum Gasteiger partial charge on any atom is -0.314 e. The Morgan fingerprint density at radius 1 is 1.29 bits per heavy atom. The number of rotatable bonds is 6. The van der Waals surface area contributed by atoms with E-state index in [1.165, 1.54) is 0 Å². The van der Waals surface area contributed by atoms with Crippen molar-refractivity contribution in [2.75, 3.05) is 7.05 Å². The molecule has 0 aliphatic carbocycles. The highest BCUT2D eigenvalue weighted by Crippen LogP contribution is 2.38. The number of Topliss-reactive ketones (excluding diaryl/α,β-unsaturated/α-hetero) is 1. The van der Waals surface area contributed by atoms with Crippen molar-refractivity contribution in [3.8, 4) is 0 Å². The lowest BCUT2D eigenvalue weighted by atomic mass is 9.65. The first kappa shape index (κ1) is 13.6. The molecule has 0 aliphatic heterocycles. The molecule has 0 spiro atoms. The normalized spacial score (nSPS) is 19.9. The Bertz CT molecular complexity index is 196. The Morgan fingerprint density at radius 3 is 2.00 bits per heavy atom. The molecule has 0 aliphatic rings. The lowest BCUT2D eigenvalue weighted by Gasteiger charge is -2.44. The van der Waals surface area contributed by atoms with Crippen molar-refractivity contribution in [3.63, 3.8) is 0 Å². The van der Waals surface area contributed by atoms with E-state index in [2.05, 4.69) is 33.0 Å². The highest BCUT2D eigenvalue weighted by molar-refractivity contribution is 5.83. The molecule has 0 heterocycles. The average Bonchev–Trinajstić information content (AvgIpc) is 2.16. The molecule has 2 atom stereocenters. The summed E-state index contributed by atoms with van der Waals surface area (Å²) in [6.45, 7) is 10.2. The van der Waals surface area contributed by atoms with Gasteiger partial charge in [0.2, 0.25) is 0 Å². The van der Waals surface area contributed by atoms with E-state index < -0.39 is 0 Å².